The highest BCUT2D eigenvalue weighted by atomic mass is 19.1. The molecule has 0 aliphatic heterocycles. The Bertz CT molecular complexity index is 352. The maximum Gasteiger partial charge on any atom is 0.221 e. The van der Waals surface area contributed by atoms with Gasteiger partial charge in [0.25, 0.3) is 0 Å². The fourth-order valence-corrected chi connectivity index (χ4v) is 0.869. The largest absolute Gasteiger partial charge is 0.506 e. The van der Waals surface area contributed by atoms with Crippen LogP contribution in [-0.2, 0) is 4.79 Å². The Labute approximate surface area is 74.2 Å². The molecule has 0 fully saturated rings. The Morgan fingerprint density at radius 3 is 2.77 bits per heavy atom. The minimum atomic E-state index is -0.716. The molecule has 1 aromatic carbocycles. The number of carbonyl (C=O) groups excluding carboxylic acids is 1. The molecule has 0 heterocycles. The number of nitrogens with two attached hydrogens (primary N) is 1. The summed E-state index contributed by atoms with van der Waals surface area (Å²) in [5.41, 5.74) is 5.21. The van der Waals surface area contributed by atoms with Crippen molar-refractivity contribution in [2.75, 3.05) is 11.1 Å². The number of nitrogen functional groups attached to an aromatic ring is 1. The van der Waals surface area contributed by atoms with Crippen molar-refractivity contribution in [3.05, 3.63) is 17.9 Å². The summed E-state index contributed by atoms with van der Waals surface area (Å²) < 4.78 is 12.7. The number of hydrogen-bond donors (Lipinski definition) is 3. The molecule has 0 radical (unpaired) electrons. The number of amides is 1. The van der Waals surface area contributed by atoms with E-state index < -0.39 is 5.82 Å². The zero-order valence-electron chi connectivity index (χ0n) is 6.97. The van der Waals surface area contributed by atoms with Gasteiger partial charge in [0.05, 0.1) is 11.4 Å². The third-order valence-electron chi connectivity index (χ3n) is 1.43. The summed E-state index contributed by atoms with van der Waals surface area (Å²) in [5.74, 6) is -1.42. The van der Waals surface area contributed by atoms with E-state index in [9.17, 15) is 9.18 Å². The number of rotatable bonds is 1. The van der Waals surface area contributed by atoms with E-state index in [1.165, 1.54) is 6.92 Å². The van der Waals surface area contributed by atoms with Gasteiger partial charge in [0.15, 0.2) is 0 Å². The molecule has 1 amide bonds. The average Bonchev–Trinajstić information content (AvgIpc) is 1.99. The Kier molecular flexibility index (Phi) is 2.36. The predicted molar refractivity (Wildman–Crippen MR) is 46.8 cm³/mol. The van der Waals surface area contributed by atoms with Crippen LogP contribution in [0, 0.1) is 5.82 Å². The Hall–Kier alpha value is -1.78. The number of carbonyl (C=O) groups is 1. The van der Waals surface area contributed by atoms with Gasteiger partial charge >= 0.3 is 0 Å². The van der Waals surface area contributed by atoms with Crippen LogP contribution in [-0.4, -0.2) is 11.0 Å². The van der Waals surface area contributed by atoms with E-state index >= 15 is 0 Å². The van der Waals surface area contributed by atoms with Crippen LogP contribution >= 0.6 is 0 Å². The van der Waals surface area contributed by atoms with Gasteiger partial charge in [0.2, 0.25) is 5.91 Å². The molecule has 0 aliphatic rings. The van der Waals surface area contributed by atoms with Gasteiger partial charge in [-0.15, -0.1) is 0 Å². The van der Waals surface area contributed by atoms with Gasteiger partial charge in [-0.3, -0.25) is 4.79 Å². The number of benzene rings is 1. The average molecular weight is 184 g/mol. The lowest BCUT2D eigenvalue weighted by atomic mass is 10.2. The molecule has 0 saturated heterocycles. The third kappa shape index (κ3) is 2.08. The molecule has 0 saturated carbocycles. The number of halogens is 1. The molecule has 0 spiro atoms. The Balaban J connectivity index is 3.08. The number of anilines is 2. The first kappa shape index (κ1) is 9.31. The second-order valence-electron chi connectivity index (χ2n) is 2.57. The number of aromatic hydroxyl groups is 1. The number of hydrogen-bond acceptors (Lipinski definition) is 3. The van der Waals surface area contributed by atoms with E-state index in [-0.39, 0.29) is 23.0 Å². The molecule has 0 unspecified atom stereocenters. The van der Waals surface area contributed by atoms with Gasteiger partial charge in [-0.1, -0.05) is 0 Å². The van der Waals surface area contributed by atoms with E-state index in [1.54, 1.807) is 0 Å². The van der Waals surface area contributed by atoms with E-state index in [0.717, 1.165) is 12.1 Å². The number of phenols is 1. The van der Waals surface area contributed by atoms with Crippen LogP contribution in [0.25, 0.3) is 0 Å². The minimum absolute atomic E-state index is 0.103. The molecule has 0 aromatic heterocycles. The van der Waals surface area contributed by atoms with Gasteiger partial charge in [0, 0.05) is 13.0 Å². The smallest absolute Gasteiger partial charge is 0.221 e. The molecular weight excluding hydrogens is 175 g/mol. The van der Waals surface area contributed by atoms with E-state index in [2.05, 4.69) is 5.32 Å². The summed E-state index contributed by atoms with van der Waals surface area (Å²) in [7, 11) is 0. The minimum Gasteiger partial charge on any atom is -0.506 e. The Morgan fingerprint density at radius 1 is 1.62 bits per heavy atom. The van der Waals surface area contributed by atoms with Gasteiger partial charge in [-0.2, -0.15) is 0 Å². The SMILES string of the molecule is CC(=O)Nc1cc(N)c(F)cc1O. The van der Waals surface area contributed by atoms with Crippen LogP contribution in [0.4, 0.5) is 15.8 Å². The first-order valence-corrected chi connectivity index (χ1v) is 3.56. The molecule has 0 atom stereocenters. The van der Waals surface area contributed by atoms with Crippen LogP contribution < -0.4 is 11.1 Å². The lowest BCUT2D eigenvalue weighted by molar-refractivity contribution is -0.114. The summed E-state index contributed by atoms with van der Waals surface area (Å²) >= 11 is 0. The number of nitrogens with one attached hydrogen (secondary N) is 1. The number of phenolic OH excluding ortho intramolecular Hbond substituents is 1. The summed E-state index contributed by atoms with van der Waals surface area (Å²) in [6, 6.07) is 2.01. The van der Waals surface area contributed by atoms with E-state index in [4.69, 9.17) is 10.8 Å². The zero-order valence-corrected chi connectivity index (χ0v) is 6.97. The monoisotopic (exact) mass is 184 g/mol. The molecule has 0 aliphatic carbocycles. The molecule has 13 heavy (non-hydrogen) atoms. The van der Waals surface area contributed by atoms with E-state index in [1.807, 2.05) is 0 Å². The maximum atomic E-state index is 12.7. The van der Waals surface area contributed by atoms with Crippen LogP contribution in [0.15, 0.2) is 12.1 Å². The molecule has 4 N–H and O–H groups in total. The molecule has 4 nitrogen and oxygen atoms in total. The molecule has 70 valence electrons. The van der Waals surface area contributed by atoms with Gasteiger partial charge in [0.1, 0.15) is 11.6 Å². The zero-order chi connectivity index (χ0) is 10.0. The first-order valence-electron chi connectivity index (χ1n) is 3.56. The quantitative estimate of drug-likeness (QED) is 0.347. The van der Waals surface area contributed by atoms with Crippen molar-refractivity contribution in [1.29, 1.82) is 0 Å². The van der Waals surface area contributed by atoms with Gasteiger partial charge in [-0.05, 0) is 6.07 Å². The summed E-state index contributed by atoms with van der Waals surface area (Å²) in [4.78, 5) is 10.6. The van der Waals surface area contributed by atoms with E-state index in [0.29, 0.717) is 0 Å². The molecule has 1 rings (SSSR count). The van der Waals surface area contributed by atoms with Gasteiger partial charge in [-0.25, -0.2) is 4.39 Å². The summed E-state index contributed by atoms with van der Waals surface area (Å²) in [6.07, 6.45) is 0. The fraction of sp³-hybridized carbons (Fsp3) is 0.125. The van der Waals surface area contributed by atoms with Crippen molar-refractivity contribution in [2.24, 2.45) is 0 Å². The van der Waals surface area contributed by atoms with Crippen LogP contribution in [0.1, 0.15) is 6.92 Å². The molecule has 5 heteroatoms. The first-order chi connectivity index (χ1) is 6.00. The van der Waals surface area contributed by atoms with Crippen molar-refractivity contribution < 1.29 is 14.3 Å². The highest BCUT2D eigenvalue weighted by Gasteiger charge is 2.07. The predicted octanol–water partition coefficient (Wildman–Crippen LogP) is 1.07. The fourth-order valence-electron chi connectivity index (χ4n) is 0.869. The normalized spacial score (nSPS) is 9.69. The molecule has 1 aromatic rings. The third-order valence-corrected chi connectivity index (χ3v) is 1.43. The molecule has 0 bridgehead atoms. The van der Waals surface area contributed by atoms with Crippen molar-refractivity contribution in [1.82, 2.24) is 0 Å². The second kappa shape index (κ2) is 3.30. The Morgan fingerprint density at radius 2 is 2.23 bits per heavy atom. The lowest BCUT2D eigenvalue weighted by Gasteiger charge is -2.06. The summed E-state index contributed by atoms with van der Waals surface area (Å²) in [5, 5.41) is 11.5. The topological polar surface area (TPSA) is 75.4 Å². The highest BCUT2D eigenvalue weighted by molar-refractivity contribution is 5.91. The van der Waals surface area contributed by atoms with Crippen molar-refractivity contribution in [3.63, 3.8) is 0 Å². The molecular formula is C8H9FN2O2. The highest BCUT2D eigenvalue weighted by Crippen LogP contribution is 2.27. The van der Waals surface area contributed by atoms with Crippen LogP contribution in [0.5, 0.6) is 5.75 Å². The standard InChI is InChI=1S/C8H9FN2O2/c1-4(12)11-7-3-6(10)5(9)2-8(7)13/h2-3,13H,10H2,1H3,(H,11,12). The van der Waals surface area contributed by atoms with Crippen molar-refractivity contribution in [3.8, 4) is 5.75 Å². The van der Waals surface area contributed by atoms with Crippen molar-refractivity contribution in [2.45, 2.75) is 6.92 Å². The van der Waals surface area contributed by atoms with Gasteiger partial charge < -0.3 is 16.2 Å². The second-order valence-corrected chi connectivity index (χ2v) is 2.57. The van der Waals surface area contributed by atoms with Crippen LogP contribution in [0.3, 0.4) is 0 Å². The van der Waals surface area contributed by atoms with Crippen LogP contribution in [0.2, 0.25) is 0 Å². The lowest BCUT2D eigenvalue weighted by Crippen LogP contribution is -2.06. The maximum absolute atomic E-state index is 12.7. The van der Waals surface area contributed by atoms with Crippen molar-refractivity contribution >= 4 is 17.3 Å². The summed E-state index contributed by atoms with van der Waals surface area (Å²) in [6.45, 7) is 1.28.